The second-order valence-corrected chi connectivity index (χ2v) is 8.01. The number of anilines is 1. The molecule has 156 valence electrons. The highest BCUT2D eigenvalue weighted by Gasteiger charge is 2.39. The van der Waals surface area contributed by atoms with E-state index in [1.165, 1.54) is 0 Å². The molecule has 0 spiro atoms. The monoisotopic (exact) mass is 406 g/mol. The number of nitrogens with zero attached hydrogens (tertiary/aromatic N) is 1. The molecule has 1 saturated heterocycles. The molecule has 6 nitrogen and oxygen atoms in total. The Labute approximate surface area is 176 Å². The molecule has 2 aromatic rings. The van der Waals surface area contributed by atoms with Gasteiger partial charge in [0.15, 0.2) is 0 Å². The minimum atomic E-state index is -0.381. The molecule has 1 aliphatic heterocycles. The van der Waals surface area contributed by atoms with E-state index in [1.54, 1.807) is 24.3 Å². The van der Waals surface area contributed by atoms with Crippen molar-refractivity contribution in [3.05, 3.63) is 65.7 Å². The van der Waals surface area contributed by atoms with E-state index in [0.29, 0.717) is 18.2 Å². The van der Waals surface area contributed by atoms with Crippen LogP contribution in [0.1, 0.15) is 48.0 Å². The number of esters is 1. The van der Waals surface area contributed by atoms with Crippen LogP contribution in [0.25, 0.3) is 0 Å². The van der Waals surface area contributed by atoms with E-state index in [0.717, 1.165) is 36.9 Å². The molecule has 0 radical (unpaired) electrons. The molecule has 30 heavy (non-hydrogen) atoms. The molecular formula is C24H26N2O4. The van der Waals surface area contributed by atoms with Gasteiger partial charge in [0.2, 0.25) is 5.91 Å². The summed E-state index contributed by atoms with van der Waals surface area (Å²) in [5.74, 6) is -0.831. The SMILES string of the molecule is O=C(Nc1ccccc1)c1ccc(COC(=O)[C@H]2CC(=O)N(C3CCCC3)C2)cc1. The van der Waals surface area contributed by atoms with Gasteiger partial charge in [-0.2, -0.15) is 0 Å². The fourth-order valence-corrected chi connectivity index (χ4v) is 4.21. The number of carbonyl (C=O) groups is 3. The Hall–Kier alpha value is -3.15. The summed E-state index contributed by atoms with van der Waals surface area (Å²) in [5.41, 5.74) is 2.07. The lowest BCUT2D eigenvalue weighted by molar-refractivity contribution is -0.149. The Morgan fingerprint density at radius 1 is 1.00 bits per heavy atom. The van der Waals surface area contributed by atoms with Gasteiger partial charge in [0.1, 0.15) is 6.61 Å². The van der Waals surface area contributed by atoms with Crippen molar-refractivity contribution in [2.75, 3.05) is 11.9 Å². The van der Waals surface area contributed by atoms with Gasteiger partial charge in [-0.3, -0.25) is 14.4 Å². The van der Waals surface area contributed by atoms with E-state index >= 15 is 0 Å². The van der Waals surface area contributed by atoms with E-state index in [-0.39, 0.29) is 36.7 Å². The van der Waals surface area contributed by atoms with Crippen molar-refractivity contribution in [1.29, 1.82) is 0 Å². The van der Waals surface area contributed by atoms with Gasteiger partial charge < -0.3 is 15.0 Å². The molecule has 0 aromatic heterocycles. The Kier molecular flexibility index (Phi) is 6.12. The van der Waals surface area contributed by atoms with Crippen molar-refractivity contribution in [3.8, 4) is 0 Å². The molecule has 1 heterocycles. The van der Waals surface area contributed by atoms with Gasteiger partial charge in [0.25, 0.3) is 5.91 Å². The summed E-state index contributed by atoms with van der Waals surface area (Å²) >= 11 is 0. The van der Waals surface area contributed by atoms with Crippen LogP contribution in [0.2, 0.25) is 0 Å². The lowest BCUT2D eigenvalue weighted by atomic mass is 10.1. The van der Waals surface area contributed by atoms with Crippen molar-refractivity contribution >= 4 is 23.5 Å². The number of nitrogens with one attached hydrogen (secondary N) is 1. The highest BCUT2D eigenvalue weighted by atomic mass is 16.5. The molecule has 1 atom stereocenters. The summed E-state index contributed by atoms with van der Waals surface area (Å²) < 4.78 is 5.45. The number of hydrogen-bond acceptors (Lipinski definition) is 4. The van der Waals surface area contributed by atoms with E-state index in [2.05, 4.69) is 5.32 Å². The predicted octanol–water partition coefficient (Wildman–Crippen LogP) is 3.77. The number of benzene rings is 2. The molecule has 2 amide bonds. The summed E-state index contributed by atoms with van der Waals surface area (Å²) in [5, 5.41) is 2.84. The van der Waals surface area contributed by atoms with Crippen LogP contribution in [-0.2, 0) is 20.9 Å². The third-order valence-corrected chi connectivity index (χ3v) is 5.89. The molecule has 0 bridgehead atoms. The van der Waals surface area contributed by atoms with E-state index < -0.39 is 0 Å². The number of para-hydroxylation sites is 1. The quantitative estimate of drug-likeness (QED) is 0.741. The largest absolute Gasteiger partial charge is 0.461 e. The normalized spacial score (nSPS) is 19.1. The third-order valence-electron chi connectivity index (χ3n) is 5.89. The standard InChI is InChI=1S/C24H26N2O4/c27-22-14-19(15-26(22)21-8-4-5-9-21)24(29)30-16-17-10-12-18(13-11-17)23(28)25-20-6-2-1-3-7-20/h1-3,6-7,10-13,19,21H,4-5,8-9,14-16H2,(H,25,28)/t19-/m0/s1. The molecule has 2 aliphatic rings. The number of carbonyl (C=O) groups excluding carboxylic acids is 3. The van der Waals surface area contributed by atoms with Gasteiger partial charge in [-0.05, 0) is 42.7 Å². The van der Waals surface area contributed by atoms with Crippen LogP contribution in [0.15, 0.2) is 54.6 Å². The van der Waals surface area contributed by atoms with Gasteiger partial charge in [0, 0.05) is 30.3 Å². The minimum absolute atomic E-state index is 0.0673. The molecule has 2 fully saturated rings. The van der Waals surface area contributed by atoms with E-state index in [9.17, 15) is 14.4 Å². The summed E-state index contributed by atoms with van der Waals surface area (Å²) in [4.78, 5) is 38.9. The average molecular weight is 406 g/mol. The van der Waals surface area contributed by atoms with Crippen LogP contribution < -0.4 is 5.32 Å². The number of amides is 2. The Bertz CT molecular complexity index is 905. The van der Waals surface area contributed by atoms with Crippen molar-refractivity contribution in [3.63, 3.8) is 0 Å². The van der Waals surface area contributed by atoms with Crippen molar-refractivity contribution < 1.29 is 19.1 Å². The predicted molar refractivity (Wildman–Crippen MR) is 113 cm³/mol. The fourth-order valence-electron chi connectivity index (χ4n) is 4.21. The van der Waals surface area contributed by atoms with Gasteiger partial charge in [-0.1, -0.05) is 43.2 Å². The van der Waals surface area contributed by atoms with Crippen molar-refractivity contribution in [2.24, 2.45) is 5.92 Å². The second kappa shape index (κ2) is 9.11. The maximum absolute atomic E-state index is 12.4. The highest BCUT2D eigenvalue weighted by Crippen LogP contribution is 2.30. The first-order valence-corrected chi connectivity index (χ1v) is 10.5. The van der Waals surface area contributed by atoms with Crippen LogP contribution in [0.3, 0.4) is 0 Å². The second-order valence-electron chi connectivity index (χ2n) is 8.01. The summed E-state index contributed by atoms with van der Waals surface area (Å²) in [6, 6.07) is 16.5. The number of ether oxygens (including phenoxy) is 1. The van der Waals surface area contributed by atoms with E-state index in [4.69, 9.17) is 4.74 Å². The molecule has 0 unspecified atom stereocenters. The number of likely N-dealkylation sites (tertiary alicyclic amines) is 1. The lowest BCUT2D eigenvalue weighted by Gasteiger charge is -2.23. The lowest BCUT2D eigenvalue weighted by Crippen LogP contribution is -2.35. The third kappa shape index (κ3) is 4.70. The van der Waals surface area contributed by atoms with Crippen LogP contribution >= 0.6 is 0 Å². The fraction of sp³-hybridized carbons (Fsp3) is 0.375. The van der Waals surface area contributed by atoms with E-state index in [1.807, 2.05) is 35.2 Å². The minimum Gasteiger partial charge on any atom is -0.461 e. The zero-order chi connectivity index (χ0) is 20.9. The number of hydrogen-bond donors (Lipinski definition) is 1. The summed E-state index contributed by atoms with van der Waals surface area (Å²) in [6.07, 6.45) is 4.63. The molecule has 1 saturated carbocycles. The Morgan fingerprint density at radius 2 is 1.70 bits per heavy atom. The first kappa shape index (κ1) is 20.1. The number of rotatable bonds is 6. The van der Waals surface area contributed by atoms with Crippen LogP contribution in [0.4, 0.5) is 5.69 Å². The molecule has 4 rings (SSSR count). The highest BCUT2D eigenvalue weighted by molar-refractivity contribution is 6.04. The first-order valence-electron chi connectivity index (χ1n) is 10.5. The molecular weight excluding hydrogens is 380 g/mol. The van der Waals surface area contributed by atoms with Crippen molar-refractivity contribution in [1.82, 2.24) is 4.90 Å². The molecule has 1 aliphatic carbocycles. The summed E-state index contributed by atoms with van der Waals surface area (Å²) in [7, 11) is 0. The zero-order valence-electron chi connectivity index (χ0n) is 16.9. The Morgan fingerprint density at radius 3 is 2.40 bits per heavy atom. The summed E-state index contributed by atoms with van der Waals surface area (Å²) in [6.45, 7) is 0.606. The van der Waals surface area contributed by atoms with Crippen LogP contribution in [-0.4, -0.2) is 35.3 Å². The topological polar surface area (TPSA) is 75.7 Å². The zero-order valence-corrected chi connectivity index (χ0v) is 16.9. The Balaban J connectivity index is 1.27. The maximum atomic E-state index is 12.4. The smallest absolute Gasteiger partial charge is 0.311 e. The van der Waals surface area contributed by atoms with Crippen LogP contribution in [0.5, 0.6) is 0 Å². The van der Waals surface area contributed by atoms with Gasteiger partial charge >= 0.3 is 5.97 Å². The van der Waals surface area contributed by atoms with Gasteiger partial charge in [-0.25, -0.2) is 0 Å². The molecule has 2 aromatic carbocycles. The van der Waals surface area contributed by atoms with Gasteiger partial charge in [-0.15, -0.1) is 0 Å². The average Bonchev–Trinajstić information content (AvgIpc) is 3.42. The molecule has 1 N–H and O–H groups in total. The van der Waals surface area contributed by atoms with Crippen molar-refractivity contribution in [2.45, 2.75) is 44.8 Å². The first-order chi connectivity index (χ1) is 14.6. The molecule has 6 heteroatoms. The maximum Gasteiger partial charge on any atom is 0.311 e. The van der Waals surface area contributed by atoms with Gasteiger partial charge in [0.05, 0.1) is 5.92 Å². The van der Waals surface area contributed by atoms with Crippen LogP contribution in [0, 0.1) is 5.92 Å².